The second-order valence-corrected chi connectivity index (χ2v) is 10.4. The van der Waals surface area contributed by atoms with Gasteiger partial charge in [0.05, 0.1) is 16.7 Å². The number of nitro benzene ring substituents is 1. The molecule has 1 N–H and O–H groups in total. The molecule has 1 atom stereocenters. The molecule has 192 valence electrons. The molecule has 0 spiro atoms. The van der Waals surface area contributed by atoms with E-state index in [0.717, 1.165) is 30.0 Å². The molecule has 10 nitrogen and oxygen atoms in total. The van der Waals surface area contributed by atoms with E-state index in [1.165, 1.54) is 6.07 Å². The van der Waals surface area contributed by atoms with E-state index >= 15 is 0 Å². The topological polar surface area (TPSA) is 122 Å². The van der Waals surface area contributed by atoms with E-state index in [9.17, 15) is 19.7 Å². The van der Waals surface area contributed by atoms with Gasteiger partial charge in [0, 0.05) is 53.5 Å². The molecule has 5 rings (SSSR count). The first-order valence-electron chi connectivity index (χ1n) is 12.5. The Morgan fingerprint density at radius 2 is 1.78 bits per heavy atom. The van der Waals surface area contributed by atoms with E-state index < -0.39 is 4.92 Å². The molecule has 2 aliphatic heterocycles. The summed E-state index contributed by atoms with van der Waals surface area (Å²) in [5.41, 5.74) is 0.590. The maximum atomic E-state index is 13.4. The Hall–Kier alpha value is -3.60. The summed E-state index contributed by atoms with van der Waals surface area (Å²) in [5, 5.41) is 24.9. The smallest absolute Gasteiger partial charge is 0.294 e. The number of piperidine rings is 2. The largest absolute Gasteiger partial charge is 0.374 e. The first-order chi connectivity index (χ1) is 17.9. The van der Waals surface area contributed by atoms with Crippen LogP contribution in [0.25, 0.3) is 10.8 Å². The SMILES string of the molecule is O=C(c1cc(Br)cc([N+](=O)[O-])c1N[C@@H]1CCCN(C(=O)c2nncc3ccccc23)C1)N1CCCCC1. The molecule has 2 aliphatic rings. The monoisotopic (exact) mass is 566 g/mol. The summed E-state index contributed by atoms with van der Waals surface area (Å²) < 4.78 is 0.472. The Balaban J connectivity index is 1.42. The number of benzene rings is 2. The highest BCUT2D eigenvalue weighted by Gasteiger charge is 2.32. The summed E-state index contributed by atoms with van der Waals surface area (Å²) in [4.78, 5) is 41.8. The summed E-state index contributed by atoms with van der Waals surface area (Å²) in [7, 11) is 0. The van der Waals surface area contributed by atoms with Crippen LogP contribution >= 0.6 is 15.9 Å². The summed E-state index contributed by atoms with van der Waals surface area (Å²) in [6.45, 7) is 2.14. The average Bonchev–Trinajstić information content (AvgIpc) is 2.93. The van der Waals surface area contributed by atoms with Crippen molar-refractivity contribution in [1.82, 2.24) is 20.0 Å². The molecule has 1 aromatic heterocycles. The zero-order valence-corrected chi connectivity index (χ0v) is 21.8. The Labute approximate surface area is 222 Å². The molecular formula is C26H27BrN6O4. The Bertz CT molecular complexity index is 1350. The molecule has 2 fully saturated rings. The Morgan fingerprint density at radius 3 is 2.57 bits per heavy atom. The number of likely N-dealkylation sites (tertiary alicyclic amines) is 2. The molecule has 0 aliphatic carbocycles. The van der Waals surface area contributed by atoms with Crippen LogP contribution in [0.15, 0.2) is 47.1 Å². The molecule has 0 saturated carbocycles. The highest BCUT2D eigenvalue weighted by Crippen LogP contribution is 2.35. The van der Waals surface area contributed by atoms with Crippen molar-refractivity contribution in [2.24, 2.45) is 0 Å². The number of hydrogen-bond donors (Lipinski definition) is 1. The third-order valence-corrected chi connectivity index (χ3v) is 7.44. The van der Waals surface area contributed by atoms with Gasteiger partial charge < -0.3 is 15.1 Å². The number of amides is 2. The van der Waals surface area contributed by atoms with Crippen LogP contribution < -0.4 is 5.32 Å². The van der Waals surface area contributed by atoms with Crippen molar-refractivity contribution in [3.8, 4) is 0 Å². The highest BCUT2D eigenvalue weighted by molar-refractivity contribution is 9.10. The zero-order valence-electron chi connectivity index (χ0n) is 20.2. The zero-order chi connectivity index (χ0) is 25.9. The number of nitrogens with one attached hydrogen (secondary N) is 1. The van der Waals surface area contributed by atoms with Gasteiger partial charge in [0.25, 0.3) is 17.5 Å². The van der Waals surface area contributed by atoms with Gasteiger partial charge in [-0.1, -0.05) is 40.2 Å². The molecular weight excluding hydrogens is 540 g/mol. The number of hydrogen-bond acceptors (Lipinski definition) is 7. The third kappa shape index (κ3) is 5.27. The molecule has 0 unspecified atom stereocenters. The van der Waals surface area contributed by atoms with Crippen molar-refractivity contribution in [1.29, 1.82) is 0 Å². The quantitative estimate of drug-likeness (QED) is 0.352. The number of halogens is 1. The molecule has 0 radical (unpaired) electrons. The summed E-state index contributed by atoms with van der Waals surface area (Å²) in [5.74, 6) is -0.452. The number of carbonyl (C=O) groups excluding carboxylic acids is 2. The molecule has 2 saturated heterocycles. The van der Waals surface area contributed by atoms with E-state index in [-0.39, 0.29) is 40.5 Å². The number of rotatable bonds is 5. The second-order valence-electron chi connectivity index (χ2n) is 9.47. The first kappa shape index (κ1) is 25.1. The van der Waals surface area contributed by atoms with Crippen LogP contribution in [0, 0.1) is 10.1 Å². The average molecular weight is 567 g/mol. The van der Waals surface area contributed by atoms with Crippen LogP contribution in [0.5, 0.6) is 0 Å². The Kier molecular flexibility index (Phi) is 7.31. The number of nitro groups is 1. The van der Waals surface area contributed by atoms with Gasteiger partial charge in [-0.05, 0) is 38.2 Å². The van der Waals surface area contributed by atoms with Crippen molar-refractivity contribution >= 4 is 49.9 Å². The minimum absolute atomic E-state index is 0.168. The normalized spacial score (nSPS) is 18.0. The van der Waals surface area contributed by atoms with E-state index in [1.807, 2.05) is 24.3 Å². The Morgan fingerprint density at radius 1 is 1.03 bits per heavy atom. The summed E-state index contributed by atoms with van der Waals surface area (Å²) in [6.07, 6.45) is 5.94. The molecule has 2 amide bonds. The van der Waals surface area contributed by atoms with Crippen molar-refractivity contribution in [3.63, 3.8) is 0 Å². The van der Waals surface area contributed by atoms with Crippen LogP contribution in [-0.4, -0.2) is 69.0 Å². The lowest BCUT2D eigenvalue weighted by Crippen LogP contribution is -2.46. The summed E-state index contributed by atoms with van der Waals surface area (Å²) >= 11 is 3.34. The number of fused-ring (bicyclic) bond motifs is 1. The molecule has 0 bridgehead atoms. The molecule has 3 aromatic rings. The van der Waals surface area contributed by atoms with Crippen molar-refractivity contribution in [3.05, 3.63) is 68.4 Å². The molecule has 11 heteroatoms. The minimum atomic E-state index is -0.475. The fourth-order valence-corrected chi connectivity index (χ4v) is 5.59. The van der Waals surface area contributed by atoms with Crippen LogP contribution in [0.1, 0.15) is 53.0 Å². The van der Waals surface area contributed by atoms with Gasteiger partial charge >= 0.3 is 0 Å². The third-order valence-electron chi connectivity index (χ3n) is 6.98. The fraction of sp³-hybridized carbons (Fsp3) is 0.385. The van der Waals surface area contributed by atoms with Crippen molar-refractivity contribution in [2.75, 3.05) is 31.5 Å². The van der Waals surface area contributed by atoms with Crippen LogP contribution in [0.2, 0.25) is 0 Å². The number of aromatic nitrogens is 2. The maximum absolute atomic E-state index is 13.4. The van der Waals surface area contributed by atoms with Gasteiger partial charge in [-0.25, -0.2) is 0 Å². The lowest BCUT2D eigenvalue weighted by Gasteiger charge is -2.34. The van der Waals surface area contributed by atoms with Crippen LogP contribution in [-0.2, 0) is 0 Å². The van der Waals surface area contributed by atoms with E-state index in [4.69, 9.17) is 0 Å². The van der Waals surface area contributed by atoms with Gasteiger partial charge in [-0.15, -0.1) is 5.10 Å². The van der Waals surface area contributed by atoms with Gasteiger partial charge in [0.2, 0.25) is 0 Å². The van der Waals surface area contributed by atoms with Gasteiger partial charge in [-0.2, -0.15) is 5.10 Å². The van der Waals surface area contributed by atoms with E-state index in [0.29, 0.717) is 43.5 Å². The van der Waals surface area contributed by atoms with Crippen LogP contribution in [0.4, 0.5) is 11.4 Å². The van der Waals surface area contributed by atoms with Crippen LogP contribution in [0.3, 0.4) is 0 Å². The second kappa shape index (κ2) is 10.8. The molecule has 3 heterocycles. The number of carbonyl (C=O) groups is 2. The summed E-state index contributed by atoms with van der Waals surface area (Å²) in [6, 6.07) is 10.3. The van der Waals surface area contributed by atoms with E-state index in [1.54, 1.807) is 22.1 Å². The number of nitrogens with zero attached hydrogens (tertiary/aromatic N) is 5. The van der Waals surface area contributed by atoms with Gasteiger partial charge in [0.1, 0.15) is 5.69 Å². The fourth-order valence-electron chi connectivity index (χ4n) is 5.14. The predicted octanol–water partition coefficient (Wildman–Crippen LogP) is 4.64. The van der Waals surface area contributed by atoms with Crippen molar-refractivity contribution < 1.29 is 14.5 Å². The van der Waals surface area contributed by atoms with Crippen molar-refractivity contribution in [2.45, 2.75) is 38.1 Å². The van der Waals surface area contributed by atoms with E-state index in [2.05, 4.69) is 31.4 Å². The van der Waals surface area contributed by atoms with Gasteiger partial charge in [0.15, 0.2) is 5.69 Å². The molecule has 37 heavy (non-hydrogen) atoms. The first-order valence-corrected chi connectivity index (χ1v) is 13.2. The lowest BCUT2D eigenvalue weighted by atomic mass is 10.0. The molecule has 2 aromatic carbocycles. The minimum Gasteiger partial charge on any atom is -0.374 e. The predicted molar refractivity (Wildman–Crippen MR) is 143 cm³/mol. The highest BCUT2D eigenvalue weighted by atomic mass is 79.9. The maximum Gasteiger partial charge on any atom is 0.294 e. The lowest BCUT2D eigenvalue weighted by molar-refractivity contribution is -0.384. The van der Waals surface area contributed by atoms with Gasteiger partial charge in [-0.3, -0.25) is 19.7 Å². The standard InChI is InChI=1S/C26H27BrN6O4/c27-18-13-21(25(34)31-10-4-1-5-11-31)23(22(14-18)33(36)37)29-19-8-6-12-32(16-19)26(35)24-20-9-3-2-7-17(20)15-28-30-24/h2-3,7,9,13-15,19,29H,1,4-6,8,10-12,16H2/t19-/m1/s1. The number of anilines is 1.